The largest absolute Gasteiger partial charge is 0.266 e. The van der Waals surface area contributed by atoms with Gasteiger partial charge in [-0.1, -0.05) is 17.7 Å². The van der Waals surface area contributed by atoms with Crippen molar-refractivity contribution in [3.05, 3.63) is 28.1 Å². The monoisotopic (exact) mass is 250 g/mol. The zero-order valence-electron chi connectivity index (χ0n) is 6.80. The summed E-state index contributed by atoms with van der Waals surface area (Å²) < 4.78 is 25.9. The predicted octanol–water partition coefficient (Wildman–Crippen LogP) is 4.78. The lowest BCUT2D eigenvalue weighted by Gasteiger charge is -2.04. The van der Waals surface area contributed by atoms with Gasteiger partial charge < -0.3 is 0 Å². The molecule has 74 valence electrons. The van der Waals surface area contributed by atoms with E-state index in [9.17, 15) is 8.78 Å². The number of thiol groups is 1. The van der Waals surface area contributed by atoms with E-state index in [1.165, 1.54) is 17.4 Å². The van der Waals surface area contributed by atoms with E-state index in [1.54, 1.807) is 11.4 Å². The van der Waals surface area contributed by atoms with Gasteiger partial charge in [-0.3, -0.25) is 0 Å². The van der Waals surface area contributed by atoms with Crippen LogP contribution in [0.3, 0.4) is 0 Å². The maximum absolute atomic E-state index is 12.7. The van der Waals surface area contributed by atoms with Crippen LogP contribution in [0, 0.1) is 0 Å². The van der Waals surface area contributed by atoms with E-state index in [0.717, 1.165) is 5.39 Å². The highest BCUT2D eigenvalue weighted by Crippen LogP contribution is 2.39. The second-order valence-electron chi connectivity index (χ2n) is 2.76. The van der Waals surface area contributed by atoms with Crippen molar-refractivity contribution in [2.75, 3.05) is 0 Å². The summed E-state index contributed by atoms with van der Waals surface area (Å²) in [6, 6.07) is 3.19. The second kappa shape index (κ2) is 3.68. The second-order valence-corrected chi connectivity index (χ2v) is 4.53. The van der Waals surface area contributed by atoms with E-state index in [2.05, 4.69) is 12.6 Å². The van der Waals surface area contributed by atoms with Crippen LogP contribution >= 0.6 is 35.6 Å². The first-order valence-electron chi connectivity index (χ1n) is 3.78. The van der Waals surface area contributed by atoms with Gasteiger partial charge in [0.2, 0.25) is 0 Å². The lowest BCUT2D eigenvalue weighted by Crippen LogP contribution is -1.85. The molecule has 0 spiro atoms. The Labute approximate surface area is 93.9 Å². The molecule has 1 aromatic carbocycles. The van der Waals surface area contributed by atoms with E-state index in [4.69, 9.17) is 11.6 Å². The fourth-order valence-corrected chi connectivity index (χ4v) is 2.99. The van der Waals surface area contributed by atoms with Crippen LogP contribution in [0.15, 0.2) is 22.4 Å². The van der Waals surface area contributed by atoms with Crippen LogP contribution in [0.1, 0.15) is 12.0 Å². The molecule has 0 amide bonds. The number of benzene rings is 1. The van der Waals surface area contributed by atoms with Crippen LogP contribution in [0.4, 0.5) is 8.78 Å². The summed E-state index contributed by atoms with van der Waals surface area (Å²) in [5, 5.41) is 2.58. The molecule has 0 aliphatic carbocycles. The normalized spacial score (nSPS) is 11.5. The van der Waals surface area contributed by atoms with Gasteiger partial charge in [0.25, 0.3) is 6.43 Å². The fraction of sp³-hybridized carbons (Fsp3) is 0.111. The van der Waals surface area contributed by atoms with Gasteiger partial charge in [0.05, 0.1) is 10.6 Å². The topological polar surface area (TPSA) is 0 Å². The van der Waals surface area contributed by atoms with Gasteiger partial charge in [0.1, 0.15) is 0 Å². The Kier molecular flexibility index (Phi) is 2.68. The van der Waals surface area contributed by atoms with Crippen LogP contribution in [0.2, 0.25) is 5.02 Å². The molecule has 0 atom stereocenters. The molecule has 0 saturated carbocycles. The summed E-state index contributed by atoms with van der Waals surface area (Å²) in [5.74, 6) is 0. The number of hydrogen-bond donors (Lipinski definition) is 1. The highest BCUT2D eigenvalue weighted by atomic mass is 35.5. The number of hydrogen-bond acceptors (Lipinski definition) is 2. The minimum atomic E-state index is -2.54. The molecular formula is C9H5ClF2S2. The predicted molar refractivity (Wildman–Crippen MR) is 59.0 cm³/mol. The van der Waals surface area contributed by atoms with Crippen molar-refractivity contribution in [1.29, 1.82) is 0 Å². The number of alkyl halides is 2. The first kappa shape index (κ1) is 10.2. The maximum atomic E-state index is 12.7. The van der Waals surface area contributed by atoms with Crippen LogP contribution in [-0.4, -0.2) is 0 Å². The lowest BCUT2D eigenvalue weighted by atomic mass is 10.2. The molecule has 2 aromatic rings. The average molecular weight is 251 g/mol. The zero-order valence-corrected chi connectivity index (χ0v) is 9.27. The summed E-state index contributed by atoms with van der Waals surface area (Å²) in [4.78, 5) is 0.712. The Morgan fingerprint density at radius 2 is 2.07 bits per heavy atom. The molecule has 5 heteroatoms. The maximum Gasteiger partial charge on any atom is 0.266 e. The van der Waals surface area contributed by atoms with Crippen molar-refractivity contribution in [1.82, 2.24) is 0 Å². The SMILES string of the molecule is FC(F)c1c(Cl)ccc2c(S)csc12. The van der Waals surface area contributed by atoms with Gasteiger partial charge in [-0.25, -0.2) is 8.78 Å². The lowest BCUT2D eigenvalue weighted by molar-refractivity contribution is 0.153. The van der Waals surface area contributed by atoms with Crippen molar-refractivity contribution in [3.8, 4) is 0 Å². The Morgan fingerprint density at radius 3 is 2.71 bits per heavy atom. The quantitative estimate of drug-likeness (QED) is 0.692. The molecular weight excluding hydrogens is 246 g/mol. The molecule has 0 unspecified atom stereocenters. The molecule has 0 N–H and O–H groups in total. The van der Waals surface area contributed by atoms with Gasteiger partial charge in [-0.05, 0) is 6.07 Å². The highest BCUT2D eigenvalue weighted by Gasteiger charge is 2.17. The number of fused-ring (bicyclic) bond motifs is 1. The van der Waals surface area contributed by atoms with E-state index in [-0.39, 0.29) is 10.6 Å². The minimum Gasteiger partial charge on any atom is -0.205 e. The van der Waals surface area contributed by atoms with Crippen LogP contribution in [0.5, 0.6) is 0 Å². The van der Waals surface area contributed by atoms with Crippen LogP contribution < -0.4 is 0 Å². The molecule has 0 nitrogen and oxygen atoms in total. The molecule has 0 saturated heterocycles. The third kappa shape index (κ3) is 1.51. The van der Waals surface area contributed by atoms with Gasteiger partial charge >= 0.3 is 0 Å². The Hall–Kier alpha value is -0.320. The molecule has 0 aliphatic rings. The van der Waals surface area contributed by atoms with E-state index < -0.39 is 6.43 Å². The molecule has 0 radical (unpaired) electrons. The van der Waals surface area contributed by atoms with Crippen LogP contribution in [0.25, 0.3) is 10.1 Å². The average Bonchev–Trinajstić information content (AvgIpc) is 2.47. The fourth-order valence-electron chi connectivity index (χ4n) is 1.29. The van der Waals surface area contributed by atoms with Gasteiger partial charge in [0, 0.05) is 20.4 Å². The van der Waals surface area contributed by atoms with Crippen molar-refractivity contribution in [3.63, 3.8) is 0 Å². The highest BCUT2D eigenvalue weighted by molar-refractivity contribution is 7.80. The molecule has 1 aromatic heterocycles. The van der Waals surface area contributed by atoms with E-state index >= 15 is 0 Å². The molecule has 2 rings (SSSR count). The molecule has 1 heterocycles. The first-order chi connectivity index (χ1) is 6.61. The van der Waals surface area contributed by atoms with Crippen LogP contribution in [-0.2, 0) is 0 Å². The first-order valence-corrected chi connectivity index (χ1v) is 5.48. The van der Waals surface area contributed by atoms with Gasteiger partial charge in [-0.15, -0.1) is 24.0 Å². The Balaban J connectivity index is 2.83. The molecule has 14 heavy (non-hydrogen) atoms. The smallest absolute Gasteiger partial charge is 0.205 e. The van der Waals surface area contributed by atoms with Crippen molar-refractivity contribution in [2.24, 2.45) is 0 Å². The summed E-state index contributed by atoms with van der Waals surface area (Å²) in [6.45, 7) is 0. The third-order valence-electron chi connectivity index (χ3n) is 1.93. The summed E-state index contributed by atoms with van der Waals surface area (Å²) in [6.07, 6.45) is -2.54. The number of halogens is 3. The number of rotatable bonds is 1. The zero-order chi connectivity index (χ0) is 10.3. The molecule has 0 bridgehead atoms. The van der Waals surface area contributed by atoms with E-state index in [0.29, 0.717) is 9.60 Å². The third-order valence-corrected chi connectivity index (χ3v) is 3.83. The van der Waals surface area contributed by atoms with Gasteiger partial charge in [-0.2, -0.15) is 0 Å². The molecule has 0 aliphatic heterocycles. The van der Waals surface area contributed by atoms with E-state index in [1.807, 2.05) is 0 Å². The Bertz CT molecular complexity index is 479. The molecule has 0 fully saturated rings. The van der Waals surface area contributed by atoms with Crippen molar-refractivity contribution < 1.29 is 8.78 Å². The summed E-state index contributed by atoms with van der Waals surface area (Å²) in [5.41, 5.74) is -0.0885. The summed E-state index contributed by atoms with van der Waals surface area (Å²) >= 11 is 11.1. The summed E-state index contributed by atoms with van der Waals surface area (Å²) in [7, 11) is 0. The minimum absolute atomic E-state index is 0.0885. The number of thiophene rings is 1. The van der Waals surface area contributed by atoms with Gasteiger partial charge in [0.15, 0.2) is 0 Å². The van der Waals surface area contributed by atoms with Crippen molar-refractivity contribution in [2.45, 2.75) is 11.3 Å². The Morgan fingerprint density at radius 1 is 1.36 bits per heavy atom. The standard InChI is InChI=1S/C9H5ClF2S2/c10-5-2-1-4-6(13)3-14-8(4)7(5)9(11)12/h1-3,9,13H. The van der Waals surface area contributed by atoms with Crippen molar-refractivity contribution >= 4 is 45.7 Å².